The van der Waals surface area contributed by atoms with Crippen LogP contribution in [0.1, 0.15) is 33.3 Å². The standard InChI is InChI=1S/C17H21BO2/c1-12(19)13-6-7-18(11-13)15-8-14(17(2,3)4)9-16(10-15)20-5/h6-11H,1-5H3. The van der Waals surface area contributed by atoms with Crippen molar-refractivity contribution in [2.24, 2.45) is 0 Å². The number of ketones is 1. The second kappa shape index (κ2) is 5.32. The Balaban J connectivity index is 2.43. The van der Waals surface area contributed by atoms with E-state index in [1.807, 2.05) is 18.1 Å². The predicted octanol–water partition coefficient (Wildman–Crippen LogP) is 2.86. The first kappa shape index (κ1) is 14.6. The number of methoxy groups -OCH3 is 1. The number of hydrogen-bond donors (Lipinski definition) is 0. The molecule has 1 aliphatic rings. The van der Waals surface area contributed by atoms with Crippen LogP contribution in [-0.2, 0) is 10.2 Å². The Morgan fingerprint density at radius 1 is 1.20 bits per heavy atom. The van der Waals surface area contributed by atoms with Crippen LogP contribution in [-0.4, -0.2) is 19.6 Å². The van der Waals surface area contributed by atoms with E-state index < -0.39 is 0 Å². The molecular weight excluding hydrogens is 247 g/mol. The summed E-state index contributed by atoms with van der Waals surface area (Å²) in [5.74, 6) is 5.06. The summed E-state index contributed by atoms with van der Waals surface area (Å²) in [4.78, 5) is 11.4. The molecule has 0 aromatic heterocycles. The maximum Gasteiger partial charge on any atom is 0.227 e. The van der Waals surface area contributed by atoms with Gasteiger partial charge in [-0.25, -0.2) is 0 Å². The van der Waals surface area contributed by atoms with Crippen LogP contribution in [0.25, 0.3) is 0 Å². The number of carbonyl (C=O) groups is 1. The lowest BCUT2D eigenvalue weighted by atomic mass is 9.46. The number of hydrogen-bond acceptors (Lipinski definition) is 2. The number of carbonyl (C=O) groups excluding carboxylic acids is 1. The zero-order chi connectivity index (χ0) is 14.9. The molecule has 0 amide bonds. The number of benzene rings is 1. The van der Waals surface area contributed by atoms with Gasteiger partial charge in [0, 0.05) is 5.57 Å². The number of Topliss-reactive ketones (excluding diaryl/α,β-unsaturated/α-hetero) is 1. The zero-order valence-corrected chi connectivity index (χ0v) is 12.9. The third-order valence-corrected chi connectivity index (χ3v) is 3.66. The van der Waals surface area contributed by atoms with Gasteiger partial charge in [-0.15, -0.1) is 5.98 Å². The van der Waals surface area contributed by atoms with Crippen LogP contribution in [0, 0.1) is 0 Å². The molecule has 1 aromatic carbocycles. The zero-order valence-electron chi connectivity index (χ0n) is 12.9. The van der Waals surface area contributed by atoms with Crippen molar-refractivity contribution in [2.75, 3.05) is 7.11 Å². The molecule has 20 heavy (non-hydrogen) atoms. The molecule has 0 saturated carbocycles. The van der Waals surface area contributed by atoms with Gasteiger partial charge in [-0.3, -0.25) is 4.79 Å². The molecule has 0 unspecified atom stereocenters. The number of ether oxygens (including phenoxy) is 1. The molecule has 2 rings (SSSR count). The minimum Gasteiger partial charge on any atom is -0.497 e. The van der Waals surface area contributed by atoms with Gasteiger partial charge in [0.2, 0.25) is 6.71 Å². The van der Waals surface area contributed by atoms with Gasteiger partial charge < -0.3 is 4.74 Å². The molecule has 0 spiro atoms. The van der Waals surface area contributed by atoms with E-state index in [4.69, 9.17) is 4.74 Å². The average molecular weight is 268 g/mol. The van der Waals surface area contributed by atoms with Gasteiger partial charge in [-0.1, -0.05) is 44.4 Å². The van der Waals surface area contributed by atoms with Crippen molar-refractivity contribution < 1.29 is 9.53 Å². The summed E-state index contributed by atoms with van der Waals surface area (Å²) in [6, 6.07) is 6.33. The average Bonchev–Trinajstić information content (AvgIpc) is 2.87. The van der Waals surface area contributed by atoms with Gasteiger partial charge in [0.05, 0.1) is 7.11 Å². The monoisotopic (exact) mass is 268 g/mol. The van der Waals surface area contributed by atoms with E-state index in [-0.39, 0.29) is 17.9 Å². The topological polar surface area (TPSA) is 26.3 Å². The fourth-order valence-corrected chi connectivity index (χ4v) is 2.32. The summed E-state index contributed by atoms with van der Waals surface area (Å²) in [6.07, 6.45) is 1.91. The highest BCUT2D eigenvalue weighted by Crippen LogP contribution is 2.25. The summed E-state index contributed by atoms with van der Waals surface area (Å²) in [7, 11) is 1.69. The fourth-order valence-electron chi connectivity index (χ4n) is 2.32. The molecule has 0 saturated heterocycles. The van der Waals surface area contributed by atoms with Gasteiger partial charge in [0.15, 0.2) is 5.78 Å². The molecule has 0 fully saturated rings. The van der Waals surface area contributed by atoms with Crippen LogP contribution in [0.15, 0.2) is 41.8 Å². The SMILES string of the molecule is COc1cc(B2C=CC(C(C)=O)=C2)cc(C(C)(C)C)c1. The predicted molar refractivity (Wildman–Crippen MR) is 85.0 cm³/mol. The molecule has 0 radical (unpaired) electrons. The summed E-state index contributed by atoms with van der Waals surface area (Å²) >= 11 is 0. The quantitative estimate of drug-likeness (QED) is 0.788. The Hall–Kier alpha value is -1.77. The van der Waals surface area contributed by atoms with E-state index in [2.05, 4.69) is 38.9 Å². The van der Waals surface area contributed by atoms with Gasteiger partial charge in [0.25, 0.3) is 0 Å². The Kier molecular flexibility index (Phi) is 3.89. The molecule has 0 atom stereocenters. The highest BCUT2D eigenvalue weighted by Gasteiger charge is 2.22. The van der Waals surface area contributed by atoms with Crippen molar-refractivity contribution in [2.45, 2.75) is 33.1 Å². The van der Waals surface area contributed by atoms with Gasteiger partial charge in [-0.2, -0.15) is 0 Å². The number of allylic oxidation sites excluding steroid dienone is 2. The minimum atomic E-state index is 0.0682. The van der Waals surface area contributed by atoms with Crippen molar-refractivity contribution >= 4 is 18.0 Å². The van der Waals surface area contributed by atoms with E-state index in [9.17, 15) is 4.79 Å². The van der Waals surface area contributed by atoms with Crippen LogP contribution >= 0.6 is 0 Å². The Morgan fingerprint density at radius 2 is 1.90 bits per heavy atom. The highest BCUT2D eigenvalue weighted by molar-refractivity contribution is 6.83. The maximum absolute atomic E-state index is 11.4. The van der Waals surface area contributed by atoms with Crippen LogP contribution in [0.5, 0.6) is 5.75 Å². The third kappa shape index (κ3) is 3.04. The lowest BCUT2D eigenvalue weighted by molar-refractivity contribution is -0.113. The Bertz CT molecular complexity index is 591. The first-order chi connectivity index (χ1) is 9.31. The summed E-state index contributed by atoms with van der Waals surface area (Å²) < 4.78 is 5.41. The van der Waals surface area contributed by atoms with Crippen molar-refractivity contribution in [3.05, 3.63) is 47.4 Å². The third-order valence-electron chi connectivity index (χ3n) is 3.66. The molecule has 0 bridgehead atoms. The normalized spacial score (nSPS) is 14.4. The molecule has 2 nitrogen and oxygen atoms in total. The summed E-state index contributed by atoms with van der Waals surface area (Å²) in [5, 5.41) is 0. The van der Waals surface area contributed by atoms with E-state index >= 15 is 0 Å². The summed E-state index contributed by atoms with van der Waals surface area (Å²) in [6.45, 7) is 8.32. The smallest absolute Gasteiger partial charge is 0.227 e. The van der Waals surface area contributed by atoms with E-state index in [1.165, 1.54) is 11.0 Å². The Labute approximate surface area is 121 Å². The highest BCUT2D eigenvalue weighted by atomic mass is 16.5. The maximum atomic E-state index is 11.4. The minimum absolute atomic E-state index is 0.0682. The lowest BCUT2D eigenvalue weighted by Gasteiger charge is -2.21. The first-order valence-corrected chi connectivity index (χ1v) is 6.91. The second-order valence-corrected chi connectivity index (χ2v) is 6.31. The largest absolute Gasteiger partial charge is 0.497 e. The molecule has 3 heteroatoms. The summed E-state index contributed by atoms with van der Waals surface area (Å²) in [5.41, 5.74) is 3.26. The van der Waals surface area contributed by atoms with E-state index in [1.54, 1.807) is 14.0 Å². The molecule has 0 N–H and O–H groups in total. The van der Waals surface area contributed by atoms with Crippen LogP contribution in [0.3, 0.4) is 0 Å². The lowest BCUT2D eigenvalue weighted by Crippen LogP contribution is -2.27. The van der Waals surface area contributed by atoms with Crippen LogP contribution in [0.4, 0.5) is 0 Å². The fraction of sp³-hybridized carbons (Fsp3) is 0.353. The molecular formula is C17H21BO2. The van der Waals surface area contributed by atoms with E-state index in [0.29, 0.717) is 0 Å². The van der Waals surface area contributed by atoms with Gasteiger partial charge in [-0.05, 0) is 30.0 Å². The van der Waals surface area contributed by atoms with E-state index in [0.717, 1.165) is 11.3 Å². The van der Waals surface area contributed by atoms with Crippen LogP contribution in [0.2, 0.25) is 0 Å². The van der Waals surface area contributed by atoms with Crippen molar-refractivity contribution in [1.82, 2.24) is 0 Å². The second-order valence-electron chi connectivity index (χ2n) is 6.31. The van der Waals surface area contributed by atoms with Crippen molar-refractivity contribution in [3.8, 4) is 5.75 Å². The number of rotatable bonds is 3. The Morgan fingerprint density at radius 3 is 2.40 bits per heavy atom. The van der Waals surface area contributed by atoms with Crippen molar-refractivity contribution in [3.63, 3.8) is 0 Å². The van der Waals surface area contributed by atoms with Crippen LogP contribution < -0.4 is 10.2 Å². The van der Waals surface area contributed by atoms with Gasteiger partial charge in [0.1, 0.15) is 5.75 Å². The van der Waals surface area contributed by atoms with Gasteiger partial charge >= 0.3 is 0 Å². The molecule has 1 heterocycles. The first-order valence-electron chi connectivity index (χ1n) is 6.91. The van der Waals surface area contributed by atoms with Crippen molar-refractivity contribution in [1.29, 1.82) is 0 Å². The molecule has 1 aliphatic heterocycles. The molecule has 0 aliphatic carbocycles. The molecule has 1 aromatic rings. The molecule has 104 valence electrons.